The number of ether oxygens (including phenoxy) is 2. The molecule has 0 bridgehead atoms. The van der Waals surface area contributed by atoms with Crippen molar-refractivity contribution in [3.05, 3.63) is 33.8 Å². The van der Waals surface area contributed by atoms with Crippen LogP contribution in [0.2, 0.25) is 10.0 Å². The molecule has 0 spiro atoms. The van der Waals surface area contributed by atoms with Gasteiger partial charge in [0.05, 0.1) is 19.1 Å². The summed E-state index contributed by atoms with van der Waals surface area (Å²) in [5, 5.41) is 11.6. The minimum atomic E-state index is -1.21. The summed E-state index contributed by atoms with van der Waals surface area (Å²) in [6.45, 7) is 1.18. The summed E-state index contributed by atoms with van der Waals surface area (Å²) in [7, 11) is 0. The van der Waals surface area contributed by atoms with Crippen molar-refractivity contribution in [2.24, 2.45) is 0 Å². The van der Waals surface area contributed by atoms with Crippen LogP contribution in [-0.4, -0.2) is 30.5 Å². The number of benzene rings is 1. The van der Waals surface area contributed by atoms with Crippen molar-refractivity contribution in [1.82, 2.24) is 0 Å². The maximum atomic E-state index is 10.7. The van der Waals surface area contributed by atoms with Crippen LogP contribution in [0.15, 0.2) is 18.2 Å². The molecule has 1 unspecified atom stereocenters. The van der Waals surface area contributed by atoms with Gasteiger partial charge in [-0.25, -0.2) is 0 Å². The highest BCUT2D eigenvalue weighted by molar-refractivity contribution is 6.35. The molecule has 1 N–H and O–H groups in total. The molecule has 2 rings (SSSR count). The van der Waals surface area contributed by atoms with Crippen molar-refractivity contribution < 1.29 is 14.6 Å². The Morgan fingerprint density at radius 3 is 2.53 bits per heavy atom. The van der Waals surface area contributed by atoms with Gasteiger partial charge in [-0.05, 0) is 18.6 Å². The van der Waals surface area contributed by atoms with Crippen LogP contribution in [0.5, 0.6) is 0 Å². The number of hydrogen-bond donors (Lipinski definition) is 1. The molecule has 0 radical (unpaired) electrons. The minimum absolute atomic E-state index is 0.0427. The minimum Gasteiger partial charge on any atom is -0.384 e. The highest BCUT2D eigenvalue weighted by Crippen LogP contribution is 2.35. The van der Waals surface area contributed by atoms with Crippen molar-refractivity contribution in [2.45, 2.75) is 24.7 Å². The Balaban J connectivity index is 2.11. The Bertz CT molecular complexity index is 435. The SMILES string of the molecule is OC(CCl)(CCC1OCCO1)[14c]1[14cH][14cH][14c](Cl)[14cH][14c]1Cl. The molecule has 3 nitrogen and oxygen atoms in total. The number of halogens is 3. The van der Waals surface area contributed by atoms with Gasteiger partial charge in [0, 0.05) is 22.0 Å². The zero-order valence-electron chi connectivity index (χ0n) is 10.2. The predicted octanol–water partition coefficient (Wildman–Crippen LogP) is 3.57. The lowest BCUT2D eigenvalue weighted by atomic mass is 10.1. The van der Waals surface area contributed by atoms with Gasteiger partial charge < -0.3 is 14.6 Å². The topological polar surface area (TPSA) is 38.7 Å². The van der Waals surface area contributed by atoms with E-state index in [9.17, 15) is 5.11 Å². The van der Waals surface area contributed by atoms with Gasteiger partial charge in [0.2, 0.25) is 0 Å². The predicted molar refractivity (Wildman–Crippen MR) is 76.0 cm³/mol. The zero-order chi connectivity index (χ0) is 13.9. The smallest absolute Gasteiger partial charge is 0.157 e. The first-order valence-electron chi connectivity index (χ1n) is 6.02. The summed E-state index contributed by atoms with van der Waals surface area (Å²) in [5.41, 5.74) is -0.634. The van der Waals surface area contributed by atoms with Gasteiger partial charge >= 0.3 is 0 Å². The van der Waals surface area contributed by atoms with E-state index in [-0.39, 0.29) is 12.2 Å². The van der Waals surface area contributed by atoms with Crippen molar-refractivity contribution >= 4 is 34.8 Å². The molecule has 1 aliphatic rings. The van der Waals surface area contributed by atoms with Gasteiger partial charge in [-0.3, -0.25) is 0 Å². The van der Waals surface area contributed by atoms with E-state index in [1.807, 2.05) is 0 Å². The fraction of sp³-hybridized carbons (Fsp3) is 0.538. The number of alkyl halides is 1. The molecule has 0 amide bonds. The Hall–Kier alpha value is -0.0300. The first-order valence-corrected chi connectivity index (χ1v) is 7.31. The summed E-state index contributed by atoms with van der Waals surface area (Å²) in [6, 6.07) is 4.98. The largest absolute Gasteiger partial charge is 0.384 e. The summed E-state index contributed by atoms with van der Waals surface area (Å²) >= 11 is 17.9. The highest BCUT2D eigenvalue weighted by atomic mass is 35.5. The summed E-state index contributed by atoms with van der Waals surface area (Å²) < 4.78 is 10.7. The van der Waals surface area contributed by atoms with Crippen LogP contribution in [-0.2, 0) is 15.1 Å². The van der Waals surface area contributed by atoms with E-state index in [4.69, 9.17) is 44.3 Å². The zero-order valence-corrected chi connectivity index (χ0v) is 12.5. The van der Waals surface area contributed by atoms with Gasteiger partial charge in [0.25, 0.3) is 0 Å². The third-order valence-corrected chi connectivity index (χ3v) is 4.13. The first-order chi connectivity index (χ1) is 9.05. The molecular weight excluding hydrogens is 322 g/mol. The third kappa shape index (κ3) is 3.75. The van der Waals surface area contributed by atoms with Crippen LogP contribution in [0.25, 0.3) is 0 Å². The lowest BCUT2D eigenvalue weighted by molar-refractivity contribution is -0.0648. The monoisotopic (exact) mass is 336 g/mol. The molecule has 106 valence electrons. The van der Waals surface area contributed by atoms with Gasteiger partial charge in [-0.15, -0.1) is 11.6 Å². The van der Waals surface area contributed by atoms with Crippen LogP contribution >= 0.6 is 34.8 Å². The van der Waals surface area contributed by atoms with Crippen molar-refractivity contribution in [1.29, 1.82) is 0 Å². The molecule has 1 atom stereocenters. The molecule has 0 aromatic heterocycles. The summed E-state index contributed by atoms with van der Waals surface area (Å²) in [6.07, 6.45) is 0.686. The Morgan fingerprint density at radius 1 is 1.26 bits per heavy atom. The average molecular weight is 338 g/mol. The Kier molecular flexibility index (Phi) is 5.35. The molecule has 1 aromatic rings. The van der Waals surface area contributed by atoms with E-state index in [1.165, 1.54) is 0 Å². The molecule has 1 aromatic carbocycles. The second kappa shape index (κ2) is 6.61. The molecule has 1 aliphatic heterocycles. The van der Waals surface area contributed by atoms with Gasteiger partial charge in [-0.2, -0.15) is 0 Å². The van der Waals surface area contributed by atoms with Crippen LogP contribution in [0.3, 0.4) is 0 Å². The van der Waals surface area contributed by atoms with E-state index >= 15 is 0 Å². The molecule has 0 saturated carbocycles. The molecule has 1 fully saturated rings. The number of aliphatic hydroxyl groups is 1. The van der Waals surface area contributed by atoms with E-state index < -0.39 is 5.60 Å². The lowest BCUT2D eigenvalue weighted by Crippen LogP contribution is -2.30. The van der Waals surface area contributed by atoms with E-state index in [0.717, 1.165) is 0 Å². The van der Waals surface area contributed by atoms with Crippen LogP contribution in [0, 0.1) is 0 Å². The molecule has 1 heterocycles. The maximum Gasteiger partial charge on any atom is 0.157 e. The highest BCUT2D eigenvalue weighted by Gasteiger charge is 2.32. The number of hydrogen-bond acceptors (Lipinski definition) is 3. The lowest BCUT2D eigenvalue weighted by Gasteiger charge is -2.28. The van der Waals surface area contributed by atoms with Crippen LogP contribution < -0.4 is 0 Å². The van der Waals surface area contributed by atoms with Gasteiger partial charge in [0.1, 0.15) is 5.60 Å². The Labute approximate surface area is 127 Å². The second-order valence-corrected chi connectivity index (χ2v) is 5.61. The quantitative estimate of drug-likeness (QED) is 0.835. The van der Waals surface area contributed by atoms with E-state index in [2.05, 4.69) is 0 Å². The van der Waals surface area contributed by atoms with Crippen molar-refractivity contribution in [3.63, 3.8) is 0 Å². The molecule has 0 aliphatic carbocycles. The van der Waals surface area contributed by atoms with Crippen molar-refractivity contribution in [3.8, 4) is 0 Å². The summed E-state index contributed by atoms with van der Waals surface area (Å²) in [4.78, 5) is 0. The molecule has 19 heavy (non-hydrogen) atoms. The first kappa shape index (κ1) is 15.4. The maximum absolute atomic E-state index is 10.7. The van der Waals surface area contributed by atoms with Gasteiger partial charge in [-0.1, -0.05) is 29.3 Å². The molecular formula is C13H15Cl3O3. The summed E-state index contributed by atoms with van der Waals surface area (Å²) in [5.74, 6) is 0.0427. The third-order valence-electron chi connectivity index (χ3n) is 3.14. The Morgan fingerprint density at radius 2 is 1.95 bits per heavy atom. The second-order valence-electron chi connectivity index (χ2n) is 4.50. The fourth-order valence-electron chi connectivity index (χ4n) is 2.07. The fourth-order valence-corrected chi connectivity index (χ4v) is 2.93. The van der Waals surface area contributed by atoms with Crippen LogP contribution in [0.4, 0.5) is 0 Å². The van der Waals surface area contributed by atoms with Gasteiger partial charge in [0.15, 0.2) is 6.29 Å². The van der Waals surface area contributed by atoms with E-state index in [1.54, 1.807) is 18.2 Å². The molecule has 6 heteroatoms. The standard InChI is InChI=1S/C13H15Cl3O3/c14-8-13(17,4-3-12-18-5-6-19-12)10-2-1-9(15)7-11(10)16/h1-2,7,12,17H,3-6,8H2/i1+2,2+2,7+2,9+2,10+2,11+2. The van der Waals surface area contributed by atoms with Crippen LogP contribution in [0.1, 0.15) is 18.4 Å². The van der Waals surface area contributed by atoms with E-state index in [0.29, 0.717) is 41.7 Å². The molecule has 1 saturated heterocycles. The average Bonchev–Trinajstić information content (AvgIpc) is 2.89. The number of rotatable bonds is 5. The van der Waals surface area contributed by atoms with Crippen molar-refractivity contribution in [2.75, 3.05) is 19.1 Å². The normalized spacial score (nSPS) is 19.6.